The third-order valence-corrected chi connectivity index (χ3v) is 3.85. The predicted molar refractivity (Wildman–Crippen MR) is 85.9 cm³/mol. The molecule has 0 fully saturated rings. The van der Waals surface area contributed by atoms with E-state index in [0.29, 0.717) is 5.57 Å². The Morgan fingerprint density at radius 1 is 1.19 bits per heavy atom. The van der Waals surface area contributed by atoms with Gasteiger partial charge in [-0.1, -0.05) is 54.6 Å². The summed E-state index contributed by atoms with van der Waals surface area (Å²) in [7, 11) is 0. The molecule has 0 aromatic heterocycles. The van der Waals surface area contributed by atoms with Crippen LogP contribution < -0.4 is 0 Å². The van der Waals surface area contributed by atoms with E-state index in [0.717, 1.165) is 35.6 Å². The van der Waals surface area contributed by atoms with Gasteiger partial charge in [-0.15, -0.1) is 6.58 Å². The van der Waals surface area contributed by atoms with Crippen molar-refractivity contribution in [2.75, 3.05) is 0 Å². The van der Waals surface area contributed by atoms with Gasteiger partial charge in [-0.3, -0.25) is 0 Å². The molecule has 106 valence electrons. The average molecular weight is 278 g/mol. The van der Waals surface area contributed by atoms with Crippen LogP contribution in [0.1, 0.15) is 24.8 Å². The molecule has 2 nitrogen and oxygen atoms in total. The van der Waals surface area contributed by atoms with Crippen molar-refractivity contribution >= 4 is 22.3 Å². The molecule has 1 unspecified atom stereocenters. The van der Waals surface area contributed by atoms with Gasteiger partial charge in [0.25, 0.3) is 0 Å². The minimum Gasteiger partial charge on any atom is -0.458 e. The van der Waals surface area contributed by atoms with Crippen molar-refractivity contribution in [2.24, 2.45) is 0 Å². The van der Waals surface area contributed by atoms with E-state index >= 15 is 0 Å². The van der Waals surface area contributed by atoms with Crippen molar-refractivity contribution in [1.29, 1.82) is 0 Å². The number of ether oxygens (including phenoxy) is 1. The van der Waals surface area contributed by atoms with Crippen molar-refractivity contribution in [1.82, 2.24) is 0 Å². The molecule has 1 heterocycles. The van der Waals surface area contributed by atoms with Gasteiger partial charge in [0.1, 0.15) is 6.10 Å². The highest BCUT2D eigenvalue weighted by atomic mass is 16.5. The first kappa shape index (κ1) is 13.6. The molecule has 0 radical (unpaired) electrons. The summed E-state index contributed by atoms with van der Waals surface area (Å²) in [5, 5.41) is 2.23. The molecule has 2 aromatic carbocycles. The maximum Gasteiger partial charge on any atom is 0.338 e. The van der Waals surface area contributed by atoms with Crippen LogP contribution >= 0.6 is 0 Å². The van der Waals surface area contributed by atoms with Crippen LogP contribution in [-0.2, 0) is 9.53 Å². The summed E-state index contributed by atoms with van der Waals surface area (Å²) in [6.07, 6.45) is 6.34. The molecule has 1 atom stereocenters. The second kappa shape index (κ2) is 5.96. The fraction of sp³-hybridized carbons (Fsp3) is 0.211. The van der Waals surface area contributed by atoms with E-state index < -0.39 is 0 Å². The number of cyclic esters (lactones) is 1. The standard InChI is InChI=1S/C19H18O2/c1-2-3-9-15-12-13-18(19(20)21-15)17-11-6-8-14-7-4-5-10-16(14)17/h2,4-8,10-11,13,15H,1,3,9,12H2. The van der Waals surface area contributed by atoms with Crippen LogP contribution in [0.25, 0.3) is 16.3 Å². The Labute approximate surface area is 124 Å². The minimum atomic E-state index is -0.216. The molecule has 2 heteroatoms. The summed E-state index contributed by atoms with van der Waals surface area (Å²) in [6, 6.07) is 14.1. The Morgan fingerprint density at radius 2 is 2.00 bits per heavy atom. The smallest absolute Gasteiger partial charge is 0.338 e. The maximum atomic E-state index is 12.3. The maximum absolute atomic E-state index is 12.3. The molecule has 0 saturated carbocycles. The summed E-state index contributed by atoms with van der Waals surface area (Å²) >= 11 is 0. The highest BCUT2D eigenvalue weighted by molar-refractivity contribution is 6.20. The lowest BCUT2D eigenvalue weighted by Gasteiger charge is -2.22. The number of rotatable bonds is 4. The van der Waals surface area contributed by atoms with E-state index in [1.165, 1.54) is 0 Å². The van der Waals surface area contributed by atoms with Crippen molar-refractivity contribution in [3.8, 4) is 0 Å². The Kier molecular flexibility index (Phi) is 3.87. The Hall–Kier alpha value is -2.35. The summed E-state index contributed by atoms with van der Waals surface area (Å²) in [4.78, 5) is 12.3. The summed E-state index contributed by atoms with van der Waals surface area (Å²) in [5.74, 6) is -0.216. The molecule has 3 rings (SSSR count). The lowest BCUT2D eigenvalue weighted by molar-refractivity contribution is -0.142. The van der Waals surface area contributed by atoms with Crippen LogP contribution in [0.2, 0.25) is 0 Å². The number of fused-ring (bicyclic) bond motifs is 1. The number of hydrogen-bond donors (Lipinski definition) is 0. The first-order valence-corrected chi connectivity index (χ1v) is 7.30. The Balaban J connectivity index is 1.94. The van der Waals surface area contributed by atoms with Crippen molar-refractivity contribution in [2.45, 2.75) is 25.4 Å². The van der Waals surface area contributed by atoms with Gasteiger partial charge in [0.05, 0.1) is 5.57 Å². The molecular weight excluding hydrogens is 260 g/mol. The third kappa shape index (κ3) is 2.75. The van der Waals surface area contributed by atoms with Gasteiger partial charge < -0.3 is 4.74 Å². The second-order valence-corrected chi connectivity index (χ2v) is 5.27. The van der Waals surface area contributed by atoms with Crippen LogP contribution in [-0.4, -0.2) is 12.1 Å². The van der Waals surface area contributed by atoms with Gasteiger partial charge in [-0.2, -0.15) is 0 Å². The molecule has 0 N–H and O–H groups in total. The molecule has 0 spiro atoms. The van der Waals surface area contributed by atoms with Gasteiger partial charge in [0.15, 0.2) is 0 Å². The summed E-state index contributed by atoms with van der Waals surface area (Å²) in [6.45, 7) is 3.70. The number of benzene rings is 2. The zero-order valence-corrected chi connectivity index (χ0v) is 11.9. The van der Waals surface area contributed by atoms with Gasteiger partial charge in [0, 0.05) is 6.42 Å². The number of carbonyl (C=O) groups is 1. The van der Waals surface area contributed by atoms with Crippen molar-refractivity contribution < 1.29 is 9.53 Å². The number of esters is 1. The monoisotopic (exact) mass is 278 g/mol. The van der Waals surface area contributed by atoms with Crippen molar-refractivity contribution in [3.63, 3.8) is 0 Å². The SMILES string of the molecule is C=CCCC1CC=C(c2cccc3ccccc23)C(=O)O1. The van der Waals surface area contributed by atoms with E-state index in [2.05, 4.69) is 18.7 Å². The van der Waals surface area contributed by atoms with E-state index in [-0.39, 0.29) is 12.1 Å². The molecule has 21 heavy (non-hydrogen) atoms. The molecule has 2 aromatic rings. The number of allylic oxidation sites excluding steroid dienone is 1. The van der Waals surface area contributed by atoms with Gasteiger partial charge in [0.2, 0.25) is 0 Å². The minimum absolute atomic E-state index is 0.0192. The fourth-order valence-electron chi connectivity index (χ4n) is 2.76. The quantitative estimate of drug-likeness (QED) is 0.608. The van der Waals surface area contributed by atoms with E-state index in [9.17, 15) is 4.79 Å². The fourth-order valence-corrected chi connectivity index (χ4v) is 2.76. The molecule has 0 aliphatic carbocycles. The van der Waals surface area contributed by atoms with E-state index in [1.807, 2.05) is 42.5 Å². The highest BCUT2D eigenvalue weighted by Gasteiger charge is 2.24. The van der Waals surface area contributed by atoms with Gasteiger partial charge in [-0.25, -0.2) is 4.79 Å². The molecule has 1 aliphatic heterocycles. The predicted octanol–water partition coefficient (Wildman–Crippen LogP) is 4.50. The first-order chi connectivity index (χ1) is 10.3. The largest absolute Gasteiger partial charge is 0.458 e. The van der Waals surface area contributed by atoms with Crippen LogP contribution in [0.15, 0.2) is 61.2 Å². The average Bonchev–Trinajstić information content (AvgIpc) is 2.53. The van der Waals surface area contributed by atoms with Crippen molar-refractivity contribution in [3.05, 3.63) is 66.8 Å². The Morgan fingerprint density at radius 3 is 2.81 bits per heavy atom. The molecule has 0 bridgehead atoms. The molecule has 0 amide bonds. The molecule has 1 aliphatic rings. The topological polar surface area (TPSA) is 26.3 Å². The Bertz CT molecular complexity index is 707. The zero-order valence-electron chi connectivity index (χ0n) is 11.9. The van der Waals surface area contributed by atoms with Crippen LogP contribution in [0.3, 0.4) is 0 Å². The van der Waals surface area contributed by atoms with Crippen LogP contribution in [0.4, 0.5) is 0 Å². The van der Waals surface area contributed by atoms with Gasteiger partial charge >= 0.3 is 5.97 Å². The third-order valence-electron chi connectivity index (χ3n) is 3.85. The summed E-state index contributed by atoms with van der Waals surface area (Å²) < 4.78 is 5.55. The first-order valence-electron chi connectivity index (χ1n) is 7.30. The van der Waals surface area contributed by atoms with Crippen LogP contribution in [0, 0.1) is 0 Å². The lowest BCUT2D eigenvalue weighted by atomic mass is 9.95. The summed E-state index contributed by atoms with van der Waals surface area (Å²) in [5.41, 5.74) is 1.64. The van der Waals surface area contributed by atoms with E-state index in [1.54, 1.807) is 0 Å². The molecule has 0 saturated heterocycles. The zero-order chi connectivity index (χ0) is 14.7. The van der Waals surface area contributed by atoms with Gasteiger partial charge in [-0.05, 0) is 29.2 Å². The number of hydrogen-bond acceptors (Lipinski definition) is 2. The molecular formula is C19H18O2. The van der Waals surface area contributed by atoms with E-state index in [4.69, 9.17) is 4.74 Å². The highest BCUT2D eigenvalue weighted by Crippen LogP contribution is 2.30. The lowest BCUT2D eigenvalue weighted by Crippen LogP contribution is -2.23. The number of carbonyl (C=O) groups excluding carboxylic acids is 1. The van der Waals surface area contributed by atoms with Crippen LogP contribution in [0.5, 0.6) is 0 Å². The second-order valence-electron chi connectivity index (χ2n) is 5.27. The normalized spacial score (nSPS) is 18.2.